The van der Waals surface area contributed by atoms with Gasteiger partial charge in [-0.1, -0.05) is 6.07 Å². The van der Waals surface area contributed by atoms with E-state index in [1.165, 1.54) is 4.90 Å². The van der Waals surface area contributed by atoms with E-state index >= 15 is 0 Å². The van der Waals surface area contributed by atoms with Crippen molar-refractivity contribution in [1.82, 2.24) is 4.90 Å². The standard InChI is InChI=1S/C24H32N2O7/c1-15-17(21(28)25-11-6-7-12-25)9-8-10-18(15)26-13-14-31-19(22(26)29)20(32-16(2)27)23(30)33-24(3,4)5/h8-10,19-20H,6-7,11-14H2,1-5H3. The summed E-state index contributed by atoms with van der Waals surface area (Å²) in [5, 5.41) is 0. The molecule has 2 unspecified atom stereocenters. The molecule has 0 bridgehead atoms. The number of likely N-dealkylation sites (tertiary alicyclic amines) is 1. The van der Waals surface area contributed by atoms with Gasteiger partial charge in [0, 0.05) is 37.8 Å². The molecule has 9 nitrogen and oxygen atoms in total. The van der Waals surface area contributed by atoms with E-state index in [9.17, 15) is 19.2 Å². The molecule has 1 aromatic carbocycles. The van der Waals surface area contributed by atoms with Crippen LogP contribution >= 0.6 is 0 Å². The highest BCUT2D eigenvalue weighted by atomic mass is 16.6. The highest BCUT2D eigenvalue weighted by Crippen LogP contribution is 2.29. The van der Waals surface area contributed by atoms with Crippen molar-refractivity contribution in [2.24, 2.45) is 0 Å². The van der Waals surface area contributed by atoms with Crippen molar-refractivity contribution >= 4 is 29.4 Å². The van der Waals surface area contributed by atoms with Crippen molar-refractivity contribution < 1.29 is 33.4 Å². The molecule has 0 aromatic heterocycles. The van der Waals surface area contributed by atoms with Crippen LogP contribution in [-0.4, -0.2) is 72.7 Å². The van der Waals surface area contributed by atoms with Crippen LogP contribution < -0.4 is 4.90 Å². The number of esters is 2. The van der Waals surface area contributed by atoms with Crippen LogP contribution in [0.15, 0.2) is 18.2 Å². The summed E-state index contributed by atoms with van der Waals surface area (Å²) in [6, 6.07) is 5.25. The number of ether oxygens (including phenoxy) is 3. The number of nitrogens with zero attached hydrogens (tertiary/aromatic N) is 2. The summed E-state index contributed by atoms with van der Waals surface area (Å²) >= 11 is 0. The Morgan fingerprint density at radius 2 is 1.79 bits per heavy atom. The Labute approximate surface area is 193 Å². The second kappa shape index (κ2) is 9.91. The smallest absolute Gasteiger partial charge is 0.351 e. The number of anilines is 1. The molecule has 0 radical (unpaired) electrons. The average Bonchev–Trinajstić information content (AvgIpc) is 3.26. The first-order chi connectivity index (χ1) is 15.5. The molecule has 1 aromatic rings. The molecule has 2 aliphatic heterocycles. The number of rotatable bonds is 5. The third-order valence-electron chi connectivity index (χ3n) is 5.55. The fourth-order valence-electron chi connectivity index (χ4n) is 4.07. The summed E-state index contributed by atoms with van der Waals surface area (Å²) in [5.41, 5.74) is 0.927. The van der Waals surface area contributed by atoms with E-state index in [4.69, 9.17) is 14.2 Å². The average molecular weight is 461 g/mol. The molecule has 9 heteroatoms. The van der Waals surface area contributed by atoms with Crippen LogP contribution in [0.4, 0.5) is 5.69 Å². The molecule has 2 aliphatic rings. The maximum absolute atomic E-state index is 13.4. The third kappa shape index (κ3) is 5.71. The molecule has 0 aliphatic carbocycles. The van der Waals surface area contributed by atoms with Gasteiger partial charge >= 0.3 is 11.9 Å². The molecular weight excluding hydrogens is 428 g/mol. The number of hydrogen-bond acceptors (Lipinski definition) is 7. The molecule has 2 saturated heterocycles. The molecule has 0 N–H and O–H groups in total. The Balaban J connectivity index is 1.89. The zero-order valence-electron chi connectivity index (χ0n) is 19.9. The fraction of sp³-hybridized carbons (Fsp3) is 0.583. The lowest BCUT2D eigenvalue weighted by Gasteiger charge is -2.36. The van der Waals surface area contributed by atoms with Crippen molar-refractivity contribution in [3.63, 3.8) is 0 Å². The van der Waals surface area contributed by atoms with Crippen molar-refractivity contribution in [2.45, 2.75) is 65.3 Å². The molecule has 3 rings (SSSR count). The Hall–Kier alpha value is -2.94. The Bertz CT molecular complexity index is 931. The maximum Gasteiger partial charge on any atom is 0.351 e. The van der Waals surface area contributed by atoms with Gasteiger partial charge in [0.25, 0.3) is 11.8 Å². The number of benzene rings is 1. The summed E-state index contributed by atoms with van der Waals surface area (Å²) in [6.45, 7) is 9.79. The molecule has 2 amide bonds. The van der Waals surface area contributed by atoms with E-state index in [0.29, 0.717) is 16.8 Å². The summed E-state index contributed by atoms with van der Waals surface area (Å²) in [4.78, 5) is 54.1. The van der Waals surface area contributed by atoms with Gasteiger partial charge in [-0.25, -0.2) is 4.79 Å². The van der Waals surface area contributed by atoms with E-state index in [1.54, 1.807) is 45.9 Å². The zero-order valence-corrected chi connectivity index (χ0v) is 19.9. The normalized spacial score (nSPS) is 19.9. The van der Waals surface area contributed by atoms with Crippen LogP contribution in [0.2, 0.25) is 0 Å². The van der Waals surface area contributed by atoms with Gasteiger partial charge in [0.15, 0.2) is 6.10 Å². The highest BCUT2D eigenvalue weighted by molar-refractivity contribution is 6.03. The first-order valence-corrected chi connectivity index (χ1v) is 11.2. The lowest BCUT2D eigenvalue weighted by Crippen LogP contribution is -2.56. The number of morpholine rings is 1. The van der Waals surface area contributed by atoms with Gasteiger partial charge < -0.3 is 24.0 Å². The second-order valence-corrected chi connectivity index (χ2v) is 9.29. The van der Waals surface area contributed by atoms with Gasteiger partial charge in [0.1, 0.15) is 5.60 Å². The van der Waals surface area contributed by atoms with E-state index < -0.39 is 35.7 Å². The monoisotopic (exact) mass is 460 g/mol. The molecule has 2 fully saturated rings. The number of hydrogen-bond donors (Lipinski definition) is 0. The molecule has 2 heterocycles. The van der Waals surface area contributed by atoms with E-state index in [2.05, 4.69) is 0 Å². The van der Waals surface area contributed by atoms with Crippen molar-refractivity contribution in [1.29, 1.82) is 0 Å². The second-order valence-electron chi connectivity index (χ2n) is 9.29. The van der Waals surface area contributed by atoms with Crippen LogP contribution in [0, 0.1) is 6.92 Å². The van der Waals surface area contributed by atoms with Gasteiger partial charge in [-0.3, -0.25) is 14.4 Å². The molecular formula is C24H32N2O7. The number of carbonyl (C=O) groups is 4. The SMILES string of the molecule is CC(=O)OC(C(=O)OC(C)(C)C)C1OCCN(c2cccc(C(=O)N3CCCC3)c2C)C1=O. The predicted molar refractivity (Wildman–Crippen MR) is 120 cm³/mol. The van der Waals surface area contributed by atoms with Crippen LogP contribution in [0.25, 0.3) is 0 Å². The van der Waals surface area contributed by atoms with Gasteiger partial charge in [-0.05, 0) is 58.2 Å². The van der Waals surface area contributed by atoms with Crippen LogP contribution in [0.1, 0.15) is 56.5 Å². The van der Waals surface area contributed by atoms with Gasteiger partial charge in [0.2, 0.25) is 6.10 Å². The van der Waals surface area contributed by atoms with Crippen molar-refractivity contribution in [3.05, 3.63) is 29.3 Å². The summed E-state index contributed by atoms with van der Waals surface area (Å²) < 4.78 is 16.1. The predicted octanol–water partition coefficient (Wildman–Crippen LogP) is 2.24. The van der Waals surface area contributed by atoms with Crippen molar-refractivity contribution in [2.75, 3.05) is 31.1 Å². The molecule has 2 atom stereocenters. The molecule has 180 valence electrons. The van der Waals surface area contributed by atoms with Crippen molar-refractivity contribution in [3.8, 4) is 0 Å². The Morgan fingerprint density at radius 1 is 1.12 bits per heavy atom. The van der Waals surface area contributed by atoms with Gasteiger partial charge in [0.05, 0.1) is 6.61 Å². The summed E-state index contributed by atoms with van der Waals surface area (Å²) in [6.07, 6.45) is -0.923. The summed E-state index contributed by atoms with van der Waals surface area (Å²) in [5.74, 6) is -2.18. The fourth-order valence-corrected chi connectivity index (χ4v) is 4.07. The molecule has 0 spiro atoms. The zero-order chi connectivity index (χ0) is 24.3. The lowest BCUT2D eigenvalue weighted by atomic mass is 10.0. The Morgan fingerprint density at radius 3 is 2.39 bits per heavy atom. The highest BCUT2D eigenvalue weighted by Gasteiger charge is 2.44. The number of amides is 2. The first kappa shape index (κ1) is 24.7. The molecule has 0 saturated carbocycles. The van der Waals surface area contributed by atoms with Crippen LogP contribution in [0.5, 0.6) is 0 Å². The maximum atomic E-state index is 13.4. The quantitative estimate of drug-likeness (QED) is 0.621. The first-order valence-electron chi connectivity index (χ1n) is 11.2. The lowest BCUT2D eigenvalue weighted by molar-refractivity contribution is -0.188. The van der Waals surface area contributed by atoms with E-state index in [-0.39, 0.29) is 19.1 Å². The minimum Gasteiger partial charge on any atom is -0.457 e. The largest absolute Gasteiger partial charge is 0.457 e. The van der Waals surface area contributed by atoms with Gasteiger partial charge in [-0.2, -0.15) is 0 Å². The van der Waals surface area contributed by atoms with E-state index in [0.717, 1.165) is 32.9 Å². The minimum absolute atomic E-state index is 0.0596. The van der Waals surface area contributed by atoms with Gasteiger partial charge in [-0.15, -0.1) is 0 Å². The molecule has 33 heavy (non-hydrogen) atoms. The number of carbonyl (C=O) groups excluding carboxylic acids is 4. The third-order valence-corrected chi connectivity index (χ3v) is 5.55. The van der Waals surface area contributed by atoms with Crippen LogP contribution in [-0.2, 0) is 28.6 Å². The Kier molecular flexibility index (Phi) is 7.41. The summed E-state index contributed by atoms with van der Waals surface area (Å²) in [7, 11) is 0. The minimum atomic E-state index is -1.54. The topological polar surface area (TPSA) is 102 Å². The van der Waals surface area contributed by atoms with E-state index in [1.807, 2.05) is 4.90 Å². The van der Waals surface area contributed by atoms with Crippen LogP contribution in [0.3, 0.4) is 0 Å².